The highest BCUT2D eigenvalue weighted by Gasteiger charge is 2.35. The van der Waals surface area contributed by atoms with E-state index in [-0.39, 0.29) is 5.41 Å². The van der Waals surface area contributed by atoms with E-state index in [9.17, 15) is 0 Å². The normalized spacial score (nSPS) is 13.8. The molecule has 0 radical (unpaired) electrons. The van der Waals surface area contributed by atoms with Crippen LogP contribution in [0.25, 0.3) is 77.1 Å². The van der Waals surface area contributed by atoms with Gasteiger partial charge >= 0.3 is 0 Å². The molecule has 2 heterocycles. The standard InChI is InChI=1S/C39H27NO/c1-39(2)33-15-5-3-9-25(33)26-19-17-24(22-34(26)39)23-18-20-36-32(21-23)31-14-8-13-30(38(31)41-36)29-12-7-11-28-27-10-4-6-16-35(27)40-37(28)29/h3-22,40H,1-2H3. The molecule has 2 heteroatoms. The molecule has 1 aliphatic carbocycles. The summed E-state index contributed by atoms with van der Waals surface area (Å²) in [7, 11) is 0. The minimum absolute atomic E-state index is 0.0209. The molecule has 1 N–H and O–H groups in total. The fourth-order valence-corrected chi connectivity index (χ4v) is 7.17. The second-order valence-electron chi connectivity index (χ2n) is 11.8. The SMILES string of the molecule is CC1(C)c2ccccc2-c2ccc(-c3ccc4oc5c(-c6cccc7c6[nH]c6ccccc67)cccc5c4c3)cc21. The molecule has 0 amide bonds. The van der Waals surface area contributed by atoms with Gasteiger partial charge < -0.3 is 9.40 Å². The molecule has 8 aromatic rings. The quantitative estimate of drug-likeness (QED) is 0.239. The van der Waals surface area contributed by atoms with Crippen molar-refractivity contribution in [2.24, 2.45) is 0 Å². The highest BCUT2D eigenvalue weighted by atomic mass is 16.3. The fourth-order valence-electron chi connectivity index (χ4n) is 7.17. The molecule has 0 aliphatic heterocycles. The van der Waals surface area contributed by atoms with Crippen molar-refractivity contribution in [3.05, 3.63) is 132 Å². The van der Waals surface area contributed by atoms with E-state index in [0.29, 0.717) is 0 Å². The lowest BCUT2D eigenvalue weighted by atomic mass is 9.81. The van der Waals surface area contributed by atoms with E-state index in [4.69, 9.17) is 4.42 Å². The Bertz CT molecular complexity index is 2350. The molecule has 41 heavy (non-hydrogen) atoms. The topological polar surface area (TPSA) is 28.9 Å². The van der Waals surface area contributed by atoms with Crippen LogP contribution in [0.3, 0.4) is 0 Å². The van der Waals surface area contributed by atoms with Gasteiger partial charge in [-0.1, -0.05) is 111 Å². The maximum absolute atomic E-state index is 6.59. The predicted molar refractivity (Wildman–Crippen MR) is 172 cm³/mol. The molecule has 6 aromatic carbocycles. The molecule has 0 saturated carbocycles. The first-order valence-electron chi connectivity index (χ1n) is 14.3. The maximum Gasteiger partial charge on any atom is 0.143 e. The number of para-hydroxylation sites is 3. The van der Waals surface area contributed by atoms with Gasteiger partial charge in [0.1, 0.15) is 11.2 Å². The summed E-state index contributed by atoms with van der Waals surface area (Å²) >= 11 is 0. The molecule has 0 unspecified atom stereocenters. The Morgan fingerprint density at radius 2 is 1.20 bits per heavy atom. The van der Waals surface area contributed by atoms with E-state index in [1.165, 1.54) is 44.2 Å². The van der Waals surface area contributed by atoms with Gasteiger partial charge in [0.15, 0.2) is 0 Å². The number of nitrogens with one attached hydrogen (secondary N) is 1. The van der Waals surface area contributed by atoms with Gasteiger partial charge in [-0.15, -0.1) is 0 Å². The molecule has 2 aromatic heterocycles. The Labute approximate surface area is 237 Å². The van der Waals surface area contributed by atoms with E-state index in [2.05, 4.69) is 140 Å². The van der Waals surface area contributed by atoms with Crippen molar-refractivity contribution in [3.63, 3.8) is 0 Å². The van der Waals surface area contributed by atoms with E-state index >= 15 is 0 Å². The van der Waals surface area contributed by atoms with Crippen LogP contribution in [0.1, 0.15) is 25.0 Å². The molecule has 0 bridgehead atoms. The number of aromatic amines is 1. The average Bonchev–Trinajstić information content (AvgIpc) is 3.65. The Hall–Kier alpha value is -5.08. The van der Waals surface area contributed by atoms with E-state index in [1.54, 1.807) is 0 Å². The van der Waals surface area contributed by atoms with Gasteiger partial charge in [-0.2, -0.15) is 0 Å². The number of fused-ring (bicyclic) bond motifs is 9. The summed E-state index contributed by atoms with van der Waals surface area (Å²) < 4.78 is 6.59. The molecule has 194 valence electrons. The van der Waals surface area contributed by atoms with Crippen LogP contribution >= 0.6 is 0 Å². The zero-order chi connectivity index (χ0) is 27.3. The van der Waals surface area contributed by atoms with Crippen LogP contribution in [0.5, 0.6) is 0 Å². The van der Waals surface area contributed by atoms with Crippen LogP contribution in [0.2, 0.25) is 0 Å². The summed E-state index contributed by atoms with van der Waals surface area (Å²) in [6.45, 7) is 4.67. The van der Waals surface area contributed by atoms with E-state index in [0.717, 1.165) is 44.1 Å². The minimum atomic E-state index is -0.0209. The predicted octanol–water partition coefficient (Wildman–Crippen LogP) is 10.9. The Morgan fingerprint density at radius 3 is 2.12 bits per heavy atom. The highest BCUT2D eigenvalue weighted by Crippen LogP contribution is 2.49. The second kappa shape index (κ2) is 7.99. The average molecular weight is 526 g/mol. The lowest BCUT2D eigenvalue weighted by molar-refractivity contribution is 0.660. The molecule has 1 aliphatic rings. The van der Waals surface area contributed by atoms with Gasteiger partial charge in [0, 0.05) is 43.6 Å². The first kappa shape index (κ1) is 22.7. The lowest BCUT2D eigenvalue weighted by Crippen LogP contribution is -2.14. The maximum atomic E-state index is 6.59. The van der Waals surface area contributed by atoms with Crippen molar-refractivity contribution >= 4 is 43.7 Å². The van der Waals surface area contributed by atoms with Crippen LogP contribution in [0, 0.1) is 0 Å². The number of furan rings is 1. The fraction of sp³-hybridized carbons (Fsp3) is 0.0769. The van der Waals surface area contributed by atoms with Gasteiger partial charge in [-0.25, -0.2) is 0 Å². The molecule has 0 saturated heterocycles. The number of aromatic nitrogens is 1. The van der Waals surface area contributed by atoms with Crippen molar-refractivity contribution < 1.29 is 4.42 Å². The summed E-state index contributed by atoms with van der Waals surface area (Å²) in [5.41, 5.74) is 14.3. The number of hydrogen-bond acceptors (Lipinski definition) is 1. The summed E-state index contributed by atoms with van der Waals surface area (Å²) in [5.74, 6) is 0. The summed E-state index contributed by atoms with van der Waals surface area (Å²) in [6, 6.07) is 43.9. The monoisotopic (exact) mass is 525 g/mol. The van der Waals surface area contributed by atoms with Crippen LogP contribution in [0.15, 0.2) is 126 Å². The van der Waals surface area contributed by atoms with Crippen molar-refractivity contribution in [3.8, 4) is 33.4 Å². The number of hydrogen-bond donors (Lipinski definition) is 1. The largest absolute Gasteiger partial charge is 0.455 e. The number of benzene rings is 6. The molecule has 0 fully saturated rings. The third-order valence-corrected chi connectivity index (χ3v) is 9.25. The van der Waals surface area contributed by atoms with E-state index in [1.807, 2.05) is 0 Å². The van der Waals surface area contributed by atoms with Crippen LogP contribution < -0.4 is 0 Å². The summed E-state index contributed by atoms with van der Waals surface area (Å²) in [4.78, 5) is 3.67. The Balaban J connectivity index is 1.21. The summed E-state index contributed by atoms with van der Waals surface area (Å²) in [5, 5.41) is 4.76. The molecule has 9 rings (SSSR count). The van der Waals surface area contributed by atoms with Crippen LogP contribution in [-0.2, 0) is 5.41 Å². The van der Waals surface area contributed by atoms with Crippen molar-refractivity contribution in [2.45, 2.75) is 19.3 Å². The first-order chi connectivity index (χ1) is 20.1. The Morgan fingerprint density at radius 1 is 0.512 bits per heavy atom. The molecular formula is C39H27NO. The van der Waals surface area contributed by atoms with Gasteiger partial charge in [0.25, 0.3) is 0 Å². The van der Waals surface area contributed by atoms with Gasteiger partial charge in [0.05, 0.1) is 5.52 Å². The van der Waals surface area contributed by atoms with E-state index < -0.39 is 0 Å². The highest BCUT2D eigenvalue weighted by molar-refractivity contribution is 6.16. The first-order valence-corrected chi connectivity index (χ1v) is 14.3. The number of rotatable bonds is 2. The second-order valence-corrected chi connectivity index (χ2v) is 11.8. The summed E-state index contributed by atoms with van der Waals surface area (Å²) in [6.07, 6.45) is 0. The number of H-pyrrole nitrogens is 1. The van der Waals surface area contributed by atoms with Gasteiger partial charge in [-0.3, -0.25) is 0 Å². The molecular weight excluding hydrogens is 498 g/mol. The van der Waals surface area contributed by atoms with Gasteiger partial charge in [0.2, 0.25) is 0 Å². The Kier molecular flexibility index (Phi) is 4.42. The lowest BCUT2D eigenvalue weighted by Gasteiger charge is -2.22. The molecule has 0 atom stereocenters. The zero-order valence-electron chi connectivity index (χ0n) is 23.0. The third-order valence-electron chi connectivity index (χ3n) is 9.25. The smallest absolute Gasteiger partial charge is 0.143 e. The van der Waals surface area contributed by atoms with Crippen LogP contribution in [0.4, 0.5) is 0 Å². The zero-order valence-corrected chi connectivity index (χ0v) is 23.0. The van der Waals surface area contributed by atoms with Crippen molar-refractivity contribution in [1.29, 1.82) is 0 Å². The third kappa shape index (κ3) is 3.08. The minimum Gasteiger partial charge on any atom is -0.455 e. The van der Waals surface area contributed by atoms with Crippen molar-refractivity contribution in [1.82, 2.24) is 4.98 Å². The van der Waals surface area contributed by atoms with Crippen molar-refractivity contribution in [2.75, 3.05) is 0 Å². The molecule has 0 spiro atoms. The molecule has 2 nitrogen and oxygen atoms in total. The van der Waals surface area contributed by atoms with Crippen LogP contribution in [-0.4, -0.2) is 4.98 Å². The van der Waals surface area contributed by atoms with Gasteiger partial charge in [-0.05, 0) is 57.6 Å².